The molecule has 0 unspecified atom stereocenters. The Balaban J connectivity index is 1.52. The Labute approximate surface area is 197 Å². The van der Waals surface area contributed by atoms with Crippen molar-refractivity contribution in [3.63, 3.8) is 0 Å². The molecule has 2 aliphatic rings. The number of imide groups is 1. The first-order valence-corrected chi connectivity index (χ1v) is 11.7. The minimum Gasteiger partial charge on any atom is -0.444 e. The number of nitrogens with zero attached hydrogens (tertiary/aromatic N) is 2. The zero-order valence-corrected chi connectivity index (χ0v) is 20.0. The maximum absolute atomic E-state index is 15.5. The van der Waals surface area contributed by atoms with E-state index in [1.54, 1.807) is 28.8 Å². The van der Waals surface area contributed by atoms with Crippen LogP contribution in [0.5, 0.6) is 0 Å². The van der Waals surface area contributed by atoms with Gasteiger partial charge in [-0.05, 0) is 70.9 Å². The largest absolute Gasteiger partial charge is 0.444 e. The van der Waals surface area contributed by atoms with Crippen molar-refractivity contribution in [3.05, 3.63) is 35.5 Å². The minimum absolute atomic E-state index is 0.0467. The number of piperidine rings is 1. The second kappa shape index (κ2) is 9.00. The fourth-order valence-corrected chi connectivity index (χ4v) is 5.07. The van der Waals surface area contributed by atoms with E-state index < -0.39 is 35.3 Å². The number of aromatic nitrogens is 1. The molecule has 1 N–H and O–H groups in total. The summed E-state index contributed by atoms with van der Waals surface area (Å²) in [6.45, 7) is 5.43. The van der Waals surface area contributed by atoms with Crippen molar-refractivity contribution in [1.82, 2.24) is 14.8 Å². The molecule has 34 heavy (non-hydrogen) atoms. The van der Waals surface area contributed by atoms with Gasteiger partial charge in [0.1, 0.15) is 23.3 Å². The van der Waals surface area contributed by atoms with Gasteiger partial charge in [0, 0.05) is 36.7 Å². The van der Waals surface area contributed by atoms with Gasteiger partial charge in [-0.2, -0.15) is 0 Å². The zero-order valence-electron chi connectivity index (χ0n) is 20.0. The number of nitrogens with one attached hydrogen (secondary N) is 1. The first kappa shape index (κ1) is 24.2. The summed E-state index contributed by atoms with van der Waals surface area (Å²) in [5.41, 5.74) is -0.229. The van der Waals surface area contributed by atoms with Gasteiger partial charge in [-0.15, -0.1) is 0 Å². The Hall–Kier alpha value is -2.97. The predicted molar refractivity (Wildman–Crippen MR) is 122 cm³/mol. The van der Waals surface area contributed by atoms with E-state index in [0.29, 0.717) is 31.2 Å². The second-order valence-corrected chi connectivity index (χ2v) is 10.3. The number of hydrogen-bond donors (Lipinski definition) is 1. The number of benzene rings is 1. The third-order valence-corrected chi connectivity index (χ3v) is 6.83. The number of fused-ring (bicyclic) bond motifs is 1. The van der Waals surface area contributed by atoms with Crippen LogP contribution in [0.15, 0.2) is 18.3 Å². The summed E-state index contributed by atoms with van der Waals surface area (Å²) in [4.78, 5) is 37.7. The molecule has 4 rings (SSSR count). The minimum atomic E-state index is -0.682. The molecule has 3 amide bonds. The van der Waals surface area contributed by atoms with Crippen LogP contribution in [-0.2, 0) is 14.3 Å². The number of amides is 3. The fraction of sp³-hybridized carbons (Fsp3) is 0.560. The summed E-state index contributed by atoms with van der Waals surface area (Å²) < 4.78 is 37.7. The van der Waals surface area contributed by atoms with Crippen LogP contribution in [0.4, 0.5) is 13.6 Å². The molecule has 1 aromatic heterocycles. The lowest BCUT2D eigenvalue weighted by atomic mass is 9.80. The number of rotatable bonds is 3. The molecule has 184 valence electrons. The Morgan fingerprint density at radius 2 is 1.82 bits per heavy atom. The van der Waals surface area contributed by atoms with Crippen molar-refractivity contribution < 1.29 is 27.9 Å². The van der Waals surface area contributed by atoms with E-state index in [9.17, 15) is 14.4 Å². The van der Waals surface area contributed by atoms with Crippen molar-refractivity contribution in [2.75, 3.05) is 7.05 Å². The van der Waals surface area contributed by atoms with Crippen LogP contribution in [0, 0.1) is 11.6 Å². The molecule has 1 saturated heterocycles. The van der Waals surface area contributed by atoms with E-state index in [-0.39, 0.29) is 41.7 Å². The zero-order chi connectivity index (χ0) is 24.8. The van der Waals surface area contributed by atoms with Gasteiger partial charge in [0.2, 0.25) is 11.8 Å². The van der Waals surface area contributed by atoms with Crippen molar-refractivity contribution in [3.8, 4) is 0 Å². The third kappa shape index (κ3) is 4.65. The molecule has 9 heteroatoms. The van der Waals surface area contributed by atoms with Gasteiger partial charge in [-0.3, -0.25) is 14.9 Å². The highest BCUT2D eigenvalue weighted by molar-refractivity contribution is 6.00. The second-order valence-electron chi connectivity index (χ2n) is 10.3. The molecule has 0 radical (unpaired) electrons. The van der Waals surface area contributed by atoms with Gasteiger partial charge < -0.3 is 14.2 Å². The van der Waals surface area contributed by atoms with Crippen LogP contribution in [0.1, 0.15) is 76.8 Å². The lowest BCUT2D eigenvalue weighted by Gasteiger charge is -2.35. The van der Waals surface area contributed by atoms with Crippen LogP contribution < -0.4 is 5.32 Å². The van der Waals surface area contributed by atoms with Crippen molar-refractivity contribution in [2.24, 2.45) is 0 Å². The molecular formula is C25H31F2N3O4. The Morgan fingerprint density at radius 3 is 2.44 bits per heavy atom. The van der Waals surface area contributed by atoms with Crippen LogP contribution in [0.3, 0.4) is 0 Å². The average Bonchev–Trinajstić information content (AvgIpc) is 3.16. The van der Waals surface area contributed by atoms with Crippen LogP contribution in [-0.4, -0.2) is 46.1 Å². The highest BCUT2D eigenvalue weighted by atomic mass is 19.1. The summed E-state index contributed by atoms with van der Waals surface area (Å²) in [6, 6.07) is 2.11. The normalized spacial score (nSPS) is 23.6. The molecule has 2 heterocycles. The number of halogens is 2. The summed E-state index contributed by atoms with van der Waals surface area (Å²) in [5, 5.41) is 2.54. The van der Waals surface area contributed by atoms with Crippen LogP contribution in [0.2, 0.25) is 0 Å². The van der Waals surface area contributed by atoms with E-state index in [4.69, 9.17) is 4.74 Å². The SMILES string of the molecule is CN(C(=O)OC(C)(C)C)C1CCC(c2c(F)cc3c(ccn3[C@H]3CCC(=O)NC3=O)c2F)CC1. The molecule has 0 spiro atoms. The third-order valence-electron chi connectivity index (χ3n) is 6.83. The number of ether oxygens (including phenoxy) is 1. The molecule has 0 bridgehead atoms. The van der Waals surface area contributed by atoms with Crippen molar-refractivity contribution in [2.45, 2.75) is 82.9 Å². The molecule has 1 aliphatic heterocycles. The first-order valence-electron chi connectivity index (χ1n) is 11.7. The van der Waals surface area contributed by atoms with Gasteiger partial charge in [-0.25, -0.2) is 13.6 Å². The van der Waals surface area contributed by atoms with E-state index in [1.807, 2.05) is 20.8 Å². The molecule has 1 aliphatic carbocycles. The average molecular weight is 476 g/mol. The van der Waals surface area contributed by atoms with Gasteiger partial charge in [0.25, 0.3) is 0 Å². The molecule has 2 aromatic rings. The topological polar surface area (TPSA) is 80.6 Å². The smallest absolute Gasteiger partial charge is 0.410 e. The summed E-state index contributed by atoms with van der Waals surface area (Å²) in [7, 11) is 1.70. The van der Waals surface area contributed by atoms with Crippen LogP contribution in [0.25, 0.3) is 10.9 Å². The fourth-order valence-electron chi connectivity index (χ4n) is 5.07. The van der Waals surface area contributed by atoms with E-state index in [0.717, 1.165) is 0 Å². The highest BCUT2D eigenvalue weighted by Crippen LogP contribution is 2.40. The maximum Gasteiger partial charge on any atom is 0.410 e. The van der Waals surface area contributed by atoms with Crippen molar-refractivity contribution in [1.29, 1.82) is 0 Å². The Bertz CT molecular complexity index is 1130. The van der Waals surface area contributed by atoms with E-state index >= 15 is 8.78 Å². The standard InChI is InChI=1S/C25H31F2N3O4/c1-25(2,3)34-24(33)29(4)15-7-5-14(6-8-15)21-17(26)13-19-16(22(21)27)11-12-30(19)18-9-10-20(31)28-23(18)32/h11-15,18H,5-10H2,1-4H3,(H,28,31,32)/t14?,15?,18-/m0/s1. The monoisotopic (exact) mass is 475 g/mol. The number of carbonyl (C=O) groups excluding carboxylic acids is 3. The van der Waals surface area contributed by atoms with Crippen LogP contribution >= 0.6 is 0 Å². The van der Waals surface area contributed by atoms with E-state index in [1.165, 1.54) is 6.07 Å². The lowest BCUT2D eigenvalue weighted by molar-refractivity contribution is -0.135. The van der Waals surface area contributed by atoms with Gasteiger partial charge in [0.15, 0.2) is 0 Å². The predicted octanol–water partition coefficient (Wildman–Crippen LogP) is 4.79. The molecule has 1 atom stereocenters. The lowest BCUT2D eigenvalue weighted by Crippen LogP contribution is -2.42. The molecule has 2 fully saturated rings. The molecular weight excluding hydrogens is 444 g/mol. The summed E-state index contributed by atoms with van der Waals surface area (Å²) in [6.07, 6.45) is 3.97. The first-order chi connectivity index (χ1) is 16.0. The highest BCUT2D eigenvalue weighted by Gasteiger charge is 2.34. The Kier molecular flexibility index (Phi) is 6.40. The van der Waals surface area contributed by atoms with Gasteiger partial charge in [-0.1, -0.05) is 0 Å². The van der Waals surface area contributed by atoms with Gasteiger partial charge in [0.05, 0.1) is 5.52 Å². The maximum atomic E-state index is 15.5. The Morgan fingerprint density at radius 1 is 1.15 bits per heavy atom. The molecule has 1 aromatic carbocycles. The summed E-state index contributed by atoms with van der Waals surface area (Å²) in [5.74, 6) is -2.35. The molecule has 1 saturated carbocycles. The number of carbonyl (C=O) groups is 3. The van der Waals surface area contributed by atoms with Crippen molar-refractivity contribution >= 4 is 28.8 Å². The summed E-state index contributed by atoms with van der Waals surface area (Å²) >= 11 is 0. The van der Waals surface area contributed by atoms with Gasteiger partial charge >= 0.3 is 6.09 Å². The molecule has 7 nitrogen and oxygen atoms in total. The van der Waals surface area contributed by atoms with E-state index in [2.05, 4.69) is 5.32 Å². The quantitative estimate of drug-likeness (QED) is 0.648. The number of hydrogen-bond acceptors (Lipinski definition) is 4.